The van der Waals surface area contributed by atoms with Crippen molar-refractivity contribution in [2.24, 2.45) is 0 Å². The molecule has 1 aromatic carbocycles. The van der Waals surface area contributed by atoms with Gasteiger partial charge in [-0.15, -0.1) is 0 Å². The third kappa shape index (κ3) is 3.92. The van der Waals surface area contributed by atoms with Gasteiger partial charge in [0.05, 0.1) is 23.9 Å². The van der Waals surface area contributed by atoms with Crippen LogP contribution in [0.5, 0.6) is 5.75 Å². The fourth-order valence-corrected chi connectivity index (χ4v) is 4.14. The molecule has 2 aliphatic heterocycles. The summed E-state index contributed by atoms with van der Waals surface area (Å²) < 4.78 is 10.7. The Labute approximate surface area is 169 Å². The number of hydrogen-bond acceptors (Lipinski definition) is 5. The average molecular weight is 399 g/mol. The van der Waals surface area contributed by atoms with E-state index in [1.54, 1.807) is 12.1 Å². The molecule has 0 spiro atoms. The zero-order valence-electron chi connectivity index (χ0n) is 16.4. The Balaban J connectivity index is 1.55. The Hall–Kier alpha value is -3.03. The fraction of sp³-hybridized carbons (Fsp3) is 0.476. The molecule has 1 unspecified atom stereocenters. The van der Waals surface area contributed by atoms with E-state index in [2.05, 4.69) is 10.6 Å². The molecule has 154 valence electrons. The molecule has 1 aliphatic carbocycles. The van der Waals surface area contributed by atoms with Crippen LogP contribution in [0.25, 0.3) is 0 Å². The fourth-order valence-electron chi connectivity index (χ4n) is 4.14. The van der Waals surface area contributed by atoms with Gasteiger partial charge >= 0.3 is 12.0 Å². The molecule has 1 saturated carbocycles. The first-order valence-electron chi connectivity index (χ1n) is 10.1. The van der Waals surface area contributed by atoms with Crippen LogP contribution in [0.3, 0.4) is 0 Å². The summed E-state index contributed by atoms with van der Waals surface area (Å²) in [6.07, 6.45) is 4.15. The molecule has 3 amide bonds. The van der Waals surface area contributed by atoms with Gasteiger partial charge in [0.25, 0.3) is 0 Å². The topological polar surface area (TPSA) is 97.0 Å². The van der Waals surface area contributed by atoms with E-state index in [1.165, 1.54) is 4.90 Å². The summed E-state index contributed by atoms with van der Waals surface area (Å²) in [6.45, 7) is 2.32. The minimum absolute atomic E-state index is 0.00811. The summed E-state index contributed by atoms with van der Waals surface area (Å²) in [7, 11) is 0. The third-order valence-electron chi connectivity index (χ3n) is 5.54. The Kier molecular flexibility index (Phi) is 5.42. The average Bonchev–Trinajstić information content (AvgIpc) is 3.35. The molecule has 8 heteroatoms. The van der Waals surface area contributed by atoms with Crippen LogP contribution in [0, 0.1) is 0 Å². The zero-order valence-corrected chi connectivity index (χ0v) is 16.4. The van der Waals surface area contributed by atoms with Crippen molar-refractivity contribution >= 4 is 17.9 Å². The maximum atomic E-state index is 12.8. The van der Waals surface area contributed by atoms with Crippen molar-refractivity contribution in [3.63, 3.8) is 0 Å². The quantitative estimate of drug-likeness (QED) is 0.714. The second-order valence-electron chi connectivity index (χ2n) is 7.46. The van der Waals surface area contributed by atoms with Crippen LogP contribution in [0.15, 0.2) is 35.5 Å². The molecule has 8 nitrogen and oxygen atoms in total. The molecule has 1 aromatic rings. The number of esters is 1. The van der Waals surface area contributed by atoms with E-state index < -0.39 is 18.0 Å². The van der Waals surface area contributed by atoms with Crippen LogP contribution >= 0.6 is 0 Å². The Morgan fingerprint density at radius 2 is 1.97 bits per heavy atom. The first-order valence-corrected chi connectivity index (χ1v) is 10.1. The minimum Gasteiger partial charge on any atom is -0.494 e. The molecule has 1 fully saturated rings. The number of cyclic esters (lactones) is 1. The molecule has 0 saturated heterocycles. The van der Waals surface area contributed by atoms with Gasteiger partial charge in [-0.2, -0.15) is 0 Å². The van der Waals surface area contributed by atoms with Gasteiger partial charge in [0.15, 0.2) is 0 Å². The predicted molar refractivity (Wildman–Crippen MR) is 104 cm³/mol. The van der Waals surface area contributed by atoms with E-state index >= 15 is 0 Å². The van der Waals surface area contributed by atoms with Crippen LogP contribution in [-0.4, -0.2) is 48.6 Å². The molecule has 2 N–H and O–H groups in total. The van der Waals surface area contributed by atoms with Crippen molar-refractivity contribution in [1.82, 2.24) is 15.5 Å². The summed E-state index contributed by atoms with van der Waals surface area (Å²) in [5, 5.41) is 5.82. The van der Waals surface area contributed by atoms with E-state index in [4.69, 9.17) is 9.47 Å². The molecule has 0 radical (unpaired) electrons. The van der Waals surface area contributed by atoms with Gasteiger partial charge in [-0.25, -0.2) is 9.59 Å². The number of hydrogen-bond donors (Lipinski definition) is 2. The molecule has 1 atom stereocenters. The van der Waals surface area contributed by atoms with E-state index in [0.717, 1.165) is 31.2 Å². The van der Waals surface area contributed by atoms with E-state index in [0.29, 0.717) is 23.6 Å². The van der Waals surface area contributed by atoms with Crippen LogP contribution in [0.4, 0.5) is 4.79 Å². The van der Waals surface area contributed by atoms with Crippen molar-refractivity contribution in [3.8, 4) is 5.75 Å². The summed E-state index contributed by atoms with van der Waals surface area (Å²) in [4.78, 5) is 38.9. The highest BCUT2D eigenvalue weighted by molar-refractivity contribution is 5.98. The van der Waals surface area contributed by atoms with Gasteiger partial charge in [0.2, 0.25) is 5.91 Å². The summed E-state index contributed by atoms with van der Waals surface area (Å²) in [5.41, 5.74) is 1.59. The summed E-state index contributed by atoms with van der Waals surface area (Å²) in [6, 6.07) is 6.37. The lowest BCUT2D eigenvalue weighted by atomic mass is 9.95. The number of nitrogens with zero attached hydrogens (tertiary/aromatic N) is 1. The number of benzene rings is 1. The second-order valence-corrected chi connectivity index (χ2v) is 7.46. The molecule has 0 aromatic heterocycles. The summed E-state index contributed by atoms with van der Waals surface area (Å²) >= 11 is 0. The van der Waals surface area contributed by atoms with Crippen LogP contribution < -0.4 is 15.4 Å². The van der Waals surface area contributed by atoms with Gasteiger partial charge in [-0.05, 0) is 37.5 Å². The van der Waals surface area contributed by atoms with Gasteiger partial charge < -0.3 is 20.1 Å². The first kappa shape index (κ1) is 19.3. The molecule has 3 aliphatic rings. The number of carbonyl (C=O) groups is 3. The number of urea groups is 1. The Morgan fingerprint density at radius 1 is 1.24 bits per heavy atom. The minimum atomic E-state index is -0.614. The lowest BCUT2D eigenvalue weighted by Gasteiger charge is -2.32. The Bertz CT molecular complexity index is 842. The lowest BCUT2D eigenvalue weighted by Crippen LogP contribution is -2.51. The third-order valence-corrected chi connectivity index (χ3v) is 5.54. The number of ether oxygens (including phenoxy) is 2. The highest BCUT2D eigenvalue weighted by Crippen LogP contribution is 2.35. The van der Waals surface area contributed by atoms with Gasteiger partial charge in [0, 0.05) is 6.04 Å². The van der Waals surface area contributed by atoms with Crippen LogP contribution in [0.1, 0.15) is 44.2 Å². The Morgan fingerprint density at radius 3 is 2.66 bits per heavy atom. The van der Waals surface area contributed by atoms with Crippen molar-refractivity contribution in [2.75, 3.05) is 19.8 Å². The molecule has 0 bridgehead atoms. The lowest BCUT2D eigenvalue weighted by molar-refractivity contribution is -0.136. The first-order chi connectivity index (χ1) is 14.1. The second kappa shape index (κ2) is 8.14. The standard InChI is InChI=1S/C21H25N3O5/c1-2-28-15-9-7-13(8-10-15)19-18-16(12-29-20(18)26)24(21(27)23-19)11-17(25)22-14-5-3-4-6-14/h7-10,14,19H,2-6,11-12H2,1H3,(H,22,25)(H,23,27). The number of nitrogens with one attached hydrogen (secondary N) is 2. The molecule has 4 rings (SSSR count). The van der Waals surface area contributed by atoms with Crippen molar-refractivity contribution < 1.29 is 23.9 Å². The largest absolute Gasteiger partial charge is 0.494 e. The van der Waals surface area contributed by atoms with Gasteiger partial charge in [-0.1, -0.05) is 25.0 Å². The maximum absolute atomic E-state index is 12.8. The van der Waals surface area contributed by atoms with Crippen LogP contribution in [-0.2, 0) is 14.3 Å². The molecular formula is C21H25N3O5. The molecule has 2 heterocycles. The highest BCUT2D eigenvalue weighted by atomic mass is 16.5. The summed E-state index contributed by atoms with van der Waals surface area (Å²) in [5.74, 6) is 0.0182. The smallest absolute Gasteiger partial charge is 0.338 e. The van der Waals surface area contributed by atoms with E-state index in [1.807, 2.05) is 19.1 Å². The van der Waals surface area contributed by atoms with E-state index in [-0.39, 0.29) is 25.1 Å². The van der Waals surface area contributed by atoms with Crippen molar-refractivity contribution in [1.29, 1.82) is 0 Å². The molecular weight excluding hydrogens is 374 g/mol. The van der Waals surface area contributed by atoms with Gasteiger partial charge in [-0.3, -0.25) is 9.69 Å². The van der Waals surface area contributed by atoms with Crippen molar-refractivity contribution in [3.05, 3.63) is 41.1 Å². The van der Waals surface area contributed by atoms with E-state index in [9.17, 15) is 14.4 Å². The predicted octanol–water partition coefficient (Wildman–Crippen LogP) is 2.02. The highest BCUT2D eigenvalue weighted by Gasteiger charge is 2.42. The normalized spacial score (nSPS) is 21.7. The number of rotatable bonds is 6. The van der Waals surface area contributed by atoms with Crippen LogP contribution in [0.2, 0.25) is 0 Å². The monoisotopic (exact) mass is 399 g/mol. The van der Waals surface area contributed by atoms with Gasteiger partial charge in [0.1, 0.15) is 18.9 Å². The number of amides is 3. The SMILES string of the molecule is CCOc1ccc(C2NC(=O)N(CC(=O)NC3CCCC3)C3=C2C(=O)OC3)cc1. The molecule has 29 heavy (non-hydrogen) atoms. The van der Waals surface area contributed by atoms with Crippen molar-refractivity contribution in [2.45, 2.75) is 44.7 Å². The zero-order chi connectivity index (χ0) is 20.4. The number of carbonyl (C=O) groups excluding carboxylic acids is 3. The maximum Gasteiger partial charge on any atom is 0.338 e.